The smallest absolute Gasteiger partial charge is 0.337 e. The quantitative estimate of drug-likeness (QED) is 0.276. The summed E-state index contributed by atoms with van der Waals surface area (Å²) < 4.78 is 26.9. The molecule has 5 aromatic rings. The van der Waals surface area contributed by atoms with Crippen molar-refractivity contribution in [1.29, 1.82) is 0 Å². The number of hydrogen-bond donors (Lipinski definition) is 2. The summed E-state index contributed by atoms with van der Waals surface area (Å²) in [5, 5.41) is 17.5. The molecule has 0 saturated heterocycles. The lowest BCUT2D eigenvalue weighted by atomic mass is 10.0. The monoisotopic (exact) mass is 513 g/mol. The zero-order chi connectivity index (χ0) is 27.0. The van der Waals surface area contributed by atoms with Gasteiger partial charge in [0.25, 0.3) is 0 Å². The highest BCUT2D eigenvalue weighted by molar-refractivity contribution is 5.94. The molecule has 2 heterocycles. The number of aromatic nitrogens is 2. The molecule has 0 bridgehead atoms. The number of methoxy groups -OCH3 is 1. The molecule has 0 spiro atoms. The number of nitrogens with one attached hydrogen (secondary N) is 1. The molecule has 0 aliphatic rings. The van der Waals surface area contributed by atoms with Crippen LogP contribution in [0.5, 0.6) is 5.75 Å². The standard InChI is InChI=1S/C29H24FN3O5/c1-16-10-21(17(2)32-24-7-5-4-6-20(24)29(35)36)28-22(11-16)25(34)13-27(38-28)18-14-31-33(15-18)19-8-9-26(37-3)23(30)12-19/h4-15,17,32H,1-3H3,(H,35,36). The highest BCUT2D eigenvalue weighted by atomic mass is 19.1. The molecule has 5 rings (SSSR count). The third-order valence-corrected chi connectivity index (χ3v) is 6.26. The summed E-state index contributed by atoms with van der Waals surface area (Å²) >= 11 is 0. The maximum atomic E-state index is 14.2. The molecule has 0 saturated carbocycles. The second kappa shape index (κ2) is 9.85. The third kappa shape index (κ3) is 4.61. The maximum absolute atomic E-state index is 14.2. The molecule has 38 heavy (non-hydrogen) atoms. The van der Waals surface area contributed by atoms with E-state index < -0.39 is 11.8 Å². The summed E-state index contributed by atoms with van der Waals surface area (Å²) in [6, 6.07) is 15.8. The summed E-state index contributed by atoms with van der Waals surface area (Å²) in [6.07, 6.45) is 3.18. The fraction of sp³-hybridized carbons (Fsp3) is 0.138. The molecular formula is C29H24FN3O5. The number of carbonyl (C=O) groups is 1. The molecule has 0 aliphatic carbocycles. The van der Waals surface area contributed by atoms with Crippen LogP contribution in [0.2, 0.25) is 0 Å². The van der Waals surface area contributed by atoms with E-state index in [2.05, 4.69) is 10.4 Å². The fourth-order valence-electron chi connectivity index (χ4n) is 4.39. The number of halogens is 1. The van der Waals surface area contributed by atoms with Crippen molar-refractivity contribution in [3.05, 3.63) is 106 Å². The topological polar surface area (TPSA) is 107 Å². The average molecular weight is 514 g/mol. The first-order chi connectivity index (χ1) is 18.2. The lowest BCUT2D eigenvalue weighted by molar-refractivity contribution is 0.0698. The Balaban J connectivity index is 1.56. The van der Waals surface area contributed by atoms with E-state index in [-0.39, 0.29) is 22.8 Å². The van der Waals surface area contributed by atoms with Gasteiger partial charge in [-0.15, -0.1) is 0 Å². The largest absolute Gasteiger partial charge is 0.494 e. The highest BCUT2D eigenvalue weighted by Crippen LogP contribution is 2.31. The summed E-state index contributed by atoms with van der Waals surface area (Å²) in [5.41, 5.74) is 3.31. The van der Waals surface area contributed by atoms with Gasteiger partial charge >= 0.3 is 5.97 Å². The van der Waals surface area contributed by atoms with Gasteiger partial charge in [-0.3, -0.25) is 4.79 Å². The van der Waals surface area contributed by atoms with E-state index in [0.717, 1.165) is 5.56 Å². The minimum atomic E-state index is -1.04. The van der Waals surface area contributed by atoms with Crippen molar-refractivity contribution < 1.29 is 23.4 Å². The van der Waals surface area contributed by atoms with E-state index in [1.807, 2.05) is 19.9 Å². The number of benzene rings is 3. The molecule has 192 valence electrons. The Kier molecular flexibility index (Phi) is 6.42. The predicted molar refractivity (Wildman–Crippen MR) is 142 cm³/mol. The van der Waals surface area contributed by atoms with Gasteiger partial charge in [-0.2, -0.15) is 5.10 Å². The van der Waals surface area contributed by atoms with Crippen LogP contribution in [-0.2, 0) is 0 Å². The first-order valence-electron chi connectivity index (χ1n) is 11.8. The molecule has 0 fully saturated rings. The number of carboxylic acids is 1. The Morgan fingerprint density at radius 1 is 1.16 bits per heavy atom. The Bertz CT molecular complexity index is 1740. The van der Waals surface area contributed by atoms with Crippen molar-refractivity contribution in [1.82, 2.24) is 9.78 Å². The Labute approximate surface area is 216 Å². The molecule has 1 unspecified atom stereocenters. The molecule has 2 aromatic heterocycles. The number of carboxylic acid groups (broad SMARTS) is 1. The Morgan fingerprint density at radius 2 is 1.95 bits per heavy atom. The van der Waals surface area contributed by atoms with Gasteiger partial charge in [-0.05, 0) is 49.7 Å². The van der Waals surface area contributed by atoms with Crippen LogP contribution >= 0.6 is 0 Å². The summed E-state index contributed by atoms with van der Waals surface area (Å²) in [7, 11) is 1.39. The van der Waals surface area contributed by atoms with Crippen LogP contribution in [0.15, 0.2) is 82.3 Å². The predicted octanol–water partition coefficient (Wildman–Crippen LogP) is 5.97. The van der Waals surface area contributed by atoms with Crippen molar-refractivity contribution in [2.24, 2.45) is 0 Å². The minimum Gasteiger partial charge on any atom is -0.494 e. The number of para-hydroxylation sites is 1. The van der Waals surface area contributed by atoms with E-state index in [0.29, 0.717) is 39.2 Å². The number of aromatic carboxylic acids is 1. The van der Waals surface area contributed by atoms with Crippen LogP contribution in [0.3, 0.4) is 0 Å². The highest BCUT2D eigenvalue weighted by Gasteiger charge is 2.19. The van der Waals surface area contributed by atoms with E-state index in [4.69, 9.17) is 9.15 Å². The molecule has 0 radical (unpaired) electrons. The van der Waals surface area contributed by atoms with Crippen LogP contribution in [0.4, 0.5) is 10.1 Å². The van der Waals surface area contributed by atoms with Crippen LogP contribution in [0.1, 0.15) is 34.5 Å². The van der Waals surface area contributed by atoms with E-state index in [1.54, 1.807) is 36.5 Å². The molecule has 3 aromatic carbocycles. The second-order valence-electron chi connectivity index (χ2n) is 8.91. The van der Waals surface area contributed by atoms with Crippen molar-refractivity contribution in [3.63, 3.8) is 0 Å². The number of anilines is 1. The summed E-state index contributed by atoms with van der Waals surface area (Å²) in [4.78, 5) is 24.8. The second-order valence-corrected chi connectivity index (χ2v) is 8.91. The number of nitrogens with zero attached hydrogens (tertiary/aromatic N) is 2. The van der Waals surface area contributed by atoms with Gasteiger partial charge in [-0.1, -0.05) is 18.2 Å². The molecular weight excluding hydrogens is 489 g/mol. The third-order valence-electron chi connectivity index (χ3n) is 6.26. The minimum absolute atomic E-state index is 0.123. The van der Waals surface area contributed by atoms with E-state index in [1.165, 1.54) is 42.3 Å². The number of fused-ring (bicyclic) bond motifs is 1. The summed E-state index contributed by atoms with van der Waals surface area (Å²) in [6.45, 7) is 3.75. The van der Waals surface area contributed by atoms with Crippen molar-refractivity contribution >= 4 is 22.6 Å². The van der Waals surface area contributed by atoms with Crippen molar-refractivity contribution in [2.75, 3.05) is 12.4 Å². The van der Waals surface area contributed by atoms with Crippen LogP contribution < -0.4 is 15.5 Å². The lowest BCUT2D eigenvalue weighted by Crippen LogP contribution is -2.12. The van der Waals surface area contributed by atoms with Crippen LogP contribution in [0.25, 0.3) is 28.0 Å². The van der Waals surface area contributed by atoms with Gasteiger partial charge in [-0.25, -0.2) is 13.9 Å². The van der Waals surface area contributed by atoms with Gasteiger partial charge in [0, 0.05) is 29.6 Å². The SMILES string of the molecule is COc1ccc(-n2cc(-c3cc(=O)c4cc(C)cc(C(C)Nc5ccccc5C(=O)O)c4o3)cn2)cc1F. The molecule has 9 heteroatoms. The molecule has 0 aliphatic heterocycles. The normalized spacial score (nSPS) is 11.9. The van der Waals surface area contributed by atoms with E-state index in [9.17, 15) is 19.1 Å². The number of hydrogen-bond acceptors (Lipinski definition) is 6. The molecule has 2 N–H and O–H groups in total. The Morgan fingerprint density at radius 3 is 2.68 bits per heavy atom. The number of aryl methyl sites for hydroxylation is 1. The molecule has 1 atom stereocenters. The van der Waals surface area contributed by atoms with Gasteiger partial charge < -0.3 is 19.6 Å². The van der Waals surface area contributed by atoms with Crippen molar-refractivity contribution in [2.45, 2.75) is 19.9 Å². The van der Waals surface area contributed by atoms with Gasteiger partial charge in [0.15, 0.2) is 17.0 Å². The van der Waals surface area contributed by atoms with Crippen LogP contribution in [-0.4, -0.2) is 28.0 Å². The Hall–Kier alpha value is -4.92. The van der Waals surface area contributed by atoms with Gasteiger partial charge in [0.2, 0.25) is 0 Å². The first-order valence-corrected chi connectivity index (χ1v) is 11.8. The zero-order valence-electron chi connectivity index (χ0n) is 20.9. The van der Waals surface area contributed by atoms with Crippen LogP contribution in [0, 0.1) is 12.7 Å². The number of rotatable bonds is 7. The average Bonchev–Trinajstić information content (AvgIpc) is 3.39. The first kappa shape index (κ1) is 24.8. The molecule has 0 amide bonds. The van der Waals surface area contributed by atoms with Gasteiger partial charge in [0.1, 0.15) is 11.3 Å². The zero-order valence-corrected chi connectivity index (χ0v) is 20.9. The van der Waals surface area contributed by atoms with Crippen molar-refractivity contribution in [3.8, 4) is 22.8 Å². The van der Waals surface area contributed by atoms with Gasteiger partial charge in [0.05, 0.1) is 41.5 Å². The number of ether oxygens (including phenoxy) is 1. The maximum Gasteiger partial charge on any atom is 0.337 e. The lowest BCUT2D eigenvalue weighted by Gasteiger charge is -2.19. The fourth-order valence-corrected chi connectivity index (χ4v) is 4.39. The molecule has 8 nitrogen and oxygen atoms in total. The summed E-state index contributed by atoms with van der Waals surface area (Å²) in [5.74, 6) is -1.15. The van der Waals surface area contributed by atoms with E-state index >= 15 is 0 Å².